The number of phenols is 1. The molecule has 4 heteroatoms. The van der Waals surface area contributed by atoms with Gasteiger partial charge in [0.2, 0.25) is 0 Å². The Morgan fingerprint density at radius 2 is 1.89 bits per heavy atom. The fourth-order valence-electron chi connectivity index (χ4n) is 2.12. The summed E-state index contributed by atoms with van der Waals surface area (Å²) in [5, 5.41) is 13.1. The molecule has 2 N–H and O–H groups in total. The molecule has 1 aromatic heterocycles. The van der Waals surface area contributed by atoms with Crippen molar-refractivity contribution in [2.24, 2.45) is 0 Å². The fourth-order valence-corrected chi connectivity index (χ4v) is 2.12. The second kappa shape index (κ2) is 5.45. The van der Waals surface area contributed by atoms with Crippen LogP contribution >= 0.6 is 0 Å². The largest absolute Gasteiger partial charge is 0.508 e. The third-order valence-corrected chi connectivity index (χ3v) is 3.15. The van der Waals surface area contributed by atoms with Crippen LogP contribution in [0.25, 0.3) is 0 Å². The van der Waals surface area contributed by atoms with Gasteiger partial charge in [-0.15, -0.1) is 0 Å². The molecule has 2 rings (SSSR count). The number of benzene rings is 1. The molecule has 2 atom stereocenters. The fraction of sp³-hybridized carbons (Fsp3) is 0.333. The molecule has 1 heterocycles. The van der Waals surface area contributed by atoms with Crippen LogP contribution in [0.3, 0.4) is 0 Å². The van der Waals surface area contributed by atoms with E-state index in [0.29, 0.717) is 5.56 Å². The molecule has 0 amide bonds. The first-order valence-electron chi connectivity index (χ1n) is 6.28. The number of hydrogen-bond acceptors (Lipinski definition) is 3. The van der Waals surface area contributed by atoms with Crippen LogP contribution in [0.5, 0.6) is 5.75 Å². The maximum absolute atomic E-state index is 12.9. The molecule has 1 aromatic carbocycles. The Balaban J connectivity index is 2.10. The van der Waals surface area contributed by atoms with Gasteiger partial charge in [-0.05, 0) is 39.0 Å². The highest BCUT2D eigenvalue weighted by atomic mass is 19.1. The van der Waals surface area contributed by atoms with Gasteiger partial charge >= 0.3 is 0 Å². The van der Waals surface area contributed by atoms with Crippen LogP contribution in [-0.2, 0) is 0 Å². The third kappa shape index (κ3) is 3.15. The van der Waals surface area contributed by atoms with Crippen LogP contribution in [0.15, 0.2) is 34.7 Å². The standard InChI is InChI=1S/C15H18FNO2/c1-9-4-7-15(19-9)11(3)17-10(2)13-6-5-12(16)8-14(13)18/h4-8,10-11,17-18H,1-3H3. The van der Waals surface area contributed by atoms with E-state index in [4.69, 9.17) is 4.42 Å². The van der Waals surface area contributed by atoms with Gasteiger partial charge in [0.25, 0.3) is 0 Å². The van der Waals surface area contributed by atoms with Crippen LogP contribution in [0.4, 0.5) is 4.39 Å². The normalized spacial score (nSPS) is 14.3. The van der Waals surface area contributed by atoms with Crippen molar-refractivity contribution in [1.82, 2.24) is 5.32 Å². The van der Waals surface area contributed by atoms with E-state index in [-0.39, 0.29) is 17.8 Å². The molecule has 0 saturated heterocycles. The van der Waals surface area contributed by atoms with E-state index in [1.807, 2.05) is 32.9 Å². The van der Waals surface area contributed by atoms with Crippen molar-refractivity contribution in [3.05, 3.63) is 53.2 Å². The molecule has 0 spiro atoms. The van der Waals surface area contributed by atoms with Gasteiger partial charge in [-0.1, -0.05) is 6.07 Å². The number of hydrogen-bond donors (Lipinski definition) is 2. The molecule has 102 valence electrons. The average molecular weight is 263 g/mol. The van der Waals surface area contributed by atoms with Crippen LogP contribution in [0.2, 0.25) is 0 Å². The van der Waals surface area contributed by atoms with E-state index < -0.39 is 5.82 Å². The van der Waals surface area contributed by atoms with Gasteiger partial charge in [0.15, 0.2) is 0 Å². The summed E-state index contributed by atoms with van der Waals surface area (Å²) >= 11 is 0. The summed E-state index contributed by atoms with van der Waals surface area (Å²) in [6.45, 7) is 5.79. The molecule has 0 fully saturated rings. The van der Waals surface area contributed by atoms with Crippen LogP contribution in [0.1, 0.15) is 43.0 Å². The van der Waals surface area contributed by atoms with E-state index in [1.54, 1.807) is 6.07 Å². The summed E-state index contributed by atoms with van der Waals surface area (Å²) in [5.74, 6) is 1.22. The molecule has 2 aromatic rings. The maximum atomic E-state index is 12.9. The lowest BCUT2D eigenvalue weighted by Crippen LogP contribution is -2.22. The second-order valence-corrected chi connectivity index (χ2v) is 4.76. The van der Waals surface area contributed by atoms with Gasteiger partial charge in [0.05, 0.1) is 6.04 Å². The predicted octanol–water partition coefficient (Wildman–Crippen LogP) is 3.84. The molecule has 0 saturated carbocycles. The lowest BCUT2D eigenvalue weighted by Gasteiger charge is -2.19. The zero-order valence-corrected chi connectivity index (χ0v) is 11.3. The minimum atomic E-state index is -0.442. The first kappa shape index (κ1) is 13.6. The van der Waals surface area contributed by atoms with E-state index in [1.165, 1.54) is 6.07 Å². The van der Waals surface area contributed by atoms with E-state index in [0.717, 1.165) is 17.6 Å². The van der Waals surface area contributed by atoms with Crippen LogP contribution in [-0.4, -0.2) is 5.11 Å². The molecule has 2 unspecified atom stereocenters. The summed E-state index contributed by atoms with van der Waals surface area (Å²) in [4.78, 5) is 0. The molecule has 3 nitrogen and oxygen atoms in total. The third-order valence-electron chi connectivity index (χ3n) is 3.15. The Labute approximate surface area is 112 Å². The number of aryl methyl sites for hydroxylation is 1. The lowest BCUT2D eigenvalue weighted by molar-refractivity contribution is 0.383. The minimum Gasteiger partial charge on any atom is -0.508 e. The SMILES string of the molecule is Cc1ccc(C(C)NC(C)c2ccc(F)cc2O)o1. The summed E-state index contributed by atoms with van der Waals surface area (Å²) in [5.41, 5.74) is 0.663. The smallest absolute Gasteiger partial charge is 0.126 e. The van der Waals surface area contributed by atoms with Crippen molar-refractivity contribution < 1.29 is 13.9 Å². The number of phenolic OH excluding ortho intramolecular Hbond substituents is 1. The van der Waals surface area contributed by atoms with Crippen molar-refractivity contribution in [3.63, 3.8) is 0 Å². The monoisotopic (exact) mass is 263 g/mol. The van der Waals surface area contributed by atoms with Gasteiger partial charge in [0.1, 0.15) is 23.1 Å². The molecular weight excluding hydrogens is 245 g/mol. The Hall–Kier alpha value is -1.81. The van der Waals surface area contributed by atoms with E-state index in [9.17, 15) is 9.50 Å². The first-order valence-corrected chi connectivity index (χ1v) is 6.28. The number of halogens is 1. The van der Waals surface area contributed by atoms with Crippen molar-refractivity contribution in [3.8, 4) is 5.75 Å². The maximum Gasteiger partial charge on any atom is 0.126 e. The van der Waals surface area contributed by atoms with Gasteiger partial charge in [-0.2, -0.15) is 0 Å². The highest BCUT2D eigenvalue weighted by Gasteiger charge is 2.16. The number of rotatable bonds is 4. The van der Waals surface area contributed by atoms with Crippen molar-refractivity contribution >= 4 is 0 Å². The molecule has 0 aliphatic rings. The first-order chi connectivity index (χ1) is 8.97. The molecule has 0 aliphatic carbocycles. The van der Waals surface area contributed by atoms with E-state index in [2.05, 4.69) is 5.32 Å². The topological polar surface area (TPSA) is 45.4 Å². The summed E-state index contributed by atoms with van der Waals surface area (Å²) in [7, 11) is 0. The Morgan fingerprint density at radius 1 is 1.16 bits per heavy atom. The van der Waals surface area contributed by atoms with Crippen molar-refractivity contribution in [2.75, 3.05) is 0 Å². The van der Waals surface area contributed by atoms with Gasteiger partial charge in [0, 0.05) is 17.7 Å². The average Bonchev–Trinajstić information content (AvgIpc) is 2.75. The molecule has 0 bridgehead atoms. The Bertz CT molecular complexity index is 565. The van der Waals surface area contributed by atoms with Gasteiger partial charge in [-0.3, -0.25) is 0 Å². The Kier molecular flexibility index (Phi) is 3.90. The zero-order valence-electron chi connectivity index (χ0n) is 11.3. The minimum absolute atomic E-state index is 0.00755. The highest BCUT2D eigenvalue weighted by molar-refractivity contribution is 5.35. The van der Waals surface area contributed by atoms with Crippen molar-refractivity contribution in [2.45, 2.75) is 32.9 Å². The predicted molar refractivity (Wildman–Crippen MR) is 71.5 cm³/mol. The zero-order chi connectivity index (χ0) is 14.0. The molecular formula is C15H18FNO2. The lowest BCUT2D eigenvalue weighted by atomic mass is 10.1. The van der Waals surface area contributed by atoms with E-state index >= 15 is 0 Å². The van der Waals surface area contributed by atoms with Gasteiger partial charge in [-0.25, -0.2) is 4.39 Å². The Morgan fingerprint density at radius 3 is 2.47 bits per heavy atom. The quantitative estimate of drug-likeness (QED) is 0.880. The van der Waals surface area contributed by atoms with Crippen molar-refractivity contribution in [1.29, 1.82) is 0 Å². The summed E-state index contributed by atoms with van der Waals surface area (Å²) in [6.07, 6.45) is 0. The second-order valence-electron chi connectivity index (χ2n) is 4.76. The molecule has 19 heavy (non-hydrogen) atoms. The number of aromatic hydroxyl groups is 1. The number of nitrogens with one attached hydrogen (secondary N) is 1. The molecule has 0 radical (unpaired) electrons. The molecule has 0 aliphatic heterocycles. The summed E-state index contributed by atoms with van der Waals surface area (Å²) in [6, 6.07) is 7.78. The number of furan rings is 1. The van der Waals surface area contributed by atoms with Crippen LogP contribution < -0.4 is 5.32 Å². The summed E-state index contributed by atoms with van der Waals surface area (Å²) < 4.78 is 18.5. The van der Waals surface area contributed by atoms with Crippen LogP contribution in [0, 0.1) is 12.7 Å². The van der Waals surface area contributed by atoms with Gasteiger partial charge < -0.3 is 14.8 Å². The highest BCUT2D eigenvalue weighted by Crippen LogP contribution is 2.27.